The Bertz CT molecular complexity index is 696. The van der Waals surface area contributed by atoms with E-state index in [1.54, 1.807) is 25.2 Å². The third kappa shape index (κ3) is 2.57. The molecule has 0 radical (unpaired) electrons. The minimum absolute atomic E-state index is 0.245. The average Bonchev–Trinajstić information content (AvgIpc) is 2.90. The Labute approximate surface area is 125 Å². The summed E-state index contributed by atoms with van der Waals surface area (Å²) in [4.78, 5) is 17.9. The van der Waals surface area contributed by atoms with Gasteiger partial charge in [-0.05, 0) is 22.0 Å². The number of hydrogen-bond donors (Lipinski definition) is 0. The number of aryl methyl sites for hydroxylation is 1. The van der Waals surface area contributed by atoms with Crippen LogP contribution in [0.2, 0.25) is 0 Å². The number of rotatable bonds is 3. The van der Waals surface area contributed by atoms with Gasteiger partial charge in [-0.3, -0.25) is 0 Å². The molecule has 0 bridgehead atoms. The van der Waals surface area contributed by atoms with Crippen molar-refractivity contribution in [2.45, 2.75) is 0 Å². The molecule has 1 aliphatic rings. The lowest BCUT2D eigenvalue weighted by Gasteiger charge is -2.35. The largest absolute Gasteiger partial charge is 0.493 e. The smallest absolute Gasteiger partial charge is 0.390 e. The number of piperazine rings is 1. The van der Waals surface area contributed by atoms with Gasteiger partial charge in [0.25, 0.3) is 0 Å². The Kier molecular flexibility index (Phi) is 3.61. The van der Waals surface area contributed by atoms with Gasteiger partial charge in [0.15, 0.2) is 0 Å². The van der Waals surface area contributed by atoms with Gasteiger partial charge in [-0.25, -0.2) is 4.39 Å². The highest BCUT2D eigenvalue weighted by molar-refractivity contribution is 5.49. The fourth-order valence-electron chi connectivity index (χ4n) is 2.57. The normalized spacial score (nSPS) is 15.2. The summed E-state index contributed by atoms with van der Waals surface area (Å²) in [6.45, 7) is 2.42. The second-order valence-corrected chi connectivity index (χ2v) is 5.02. The standard InChI is InChI=1S/C13H15FN6O2/c1-17-13(15-12(16-17)20(21)22)19-8-6-18(7-9-19)11-5-3-2-4-10(11)14/h2-5H,6-9H2,1H3. The van der Waals surface area contributed by atoms with E-state index in [2.05, 4.69) is 10.1 Å². The van der Waals surface area contributed by atoms with E-state index in [0.717, 1.165) is 0 Å². The lowest BCUT2D eigenvalue weighted by molar-refractivity contribution is -0.394. The molecule has 0 spiro atoms. The molecule has 0 unspecified atom stereocenters. The predicted octanol–water partition coefficient (Wildman–Crippen LogP) is 1.19. The molecule has 116 valence electrons. The Balaban J connectivity index is 1.72. The maximum atomic E-state index is 13.8. The monoisotopic (exact) mass is 306 g/mol. The second kappa shape index (κ2) is 5.58. The summed E-state index contributed by atoms with van der Waals surface area (Å²) in [6.07, 6.45) is 0. The Hall–Kier alpha value is -2.71. The van der Waals surface area contributed by atoms with Gasteiger partial charge in [-0.15, -0.1) is 0 Å². The molecule has 9 heteroatoms. The van der Waals surface area contributed by atoms with Crippen molar-refractivity contribution in [2.24, 2.45) is 7.05 Å². The molecule has 22 heavy (non-hydrogen) atoms. The summed E-state index contributed by atoms with van der Waals surface area (Å²) in [5.74, 6) is -0.195. The lowest BCUT2D eigenvalue weighted by Crippen LogP contribution is -2.47. The van der Waals surface area contributed by atoms with Crippen molar-refractivity contribution in [3.8, 4) is 0 Å². The van der Waals surface area contributed by atoms with Crippen molar-refractivity contribution < 1.29 is 9.31 Å². The minimum atomic E-state index is -0.612. The van der Waals surface area contributed by atoms with Gasteiger partial charge in [-0.1, -0.05) is 12.1 Å². The van der Waals surface area contributed by atoms with E-state index in [0.29, 0.717) is 37.8 Å². The van der Waals surface area contributed by atoms with Crippen molar-refractivity contribution in [2.75, 3.05) is 36.0 Å². The number of nitro groups is 1. The van der Waals surface area contributed by atoms with E-state index >= 15 is 0 Å². The maximum absolute atomic E-state index is 13.8. The average molecular weight is 306 g/mol. The third-order valence-corrected chi connectivity index (χ3v) is 3.65. The first kappa shape index (κ1) is 14.2. The summed E-state index contributed by atoms with van der Waals surface area (Å²) in [6, 6.07) is 6.65. The van der Waals surface area contributed by atoms with Crippen LogP contribution in [0.25, 0.3) is 0 Å². The molecule has 1 aromatic heterocycles. The van der Waals surface area contributed by atoms with Crippen LogP contribution in [0.4, 0.5) is 22.0 Å². The Morgan fingerprint density at radius 1 is 1.18 bits per heavy atom. The van der Waals surface area contributed by atoms with Crippen LogP contribution in [-0.2, 0) is 7.05 Å². The summed E-state index contributed by atoms with van der Waals surface area (Å²) in [5.41, 5.74) is 0.575. The van der Waals surface area contributed by atoms with Gasteiger partial charge in [0.2, 0.25) is 0 Å². The van der Waals surface area contributed by atoms with Gasteiger partial charge >= 0.3 is 11.9 Å². The van der Waals surface area contributed by atoms with Crippen molar-refractivity contribution in [1.29, 1.82) is 0 Å². The Morgan fingerprint density at radius 3 is 2.41 bits per heavy atom. The molecular formula is C13H15FN6O2. The lowest BCUT2D eigenvalue weighted by atomic mass is 10.2. The predicted molar refractivity (Wildman–Crippen MR) is 78.5 cm³/mol. The van der Waals surface area contributed by atoms with Crippen LogP contribution in [0.3, 0.4) is 0 Å². The zero-order valence-electron chi connectivity index (χ0n) is 12.0. The van der Waals surface area contributed by atoms with Gasteiger partial charge in [0.05, 0.1) is 5.69 Å². The fourth-order valence-corrected chi connectivity index (χ4v) is 2.57. The summed E-state index contributed by atoms with van der Waals surface area (Å²) in [7, 11) is 1.62. The van der Waals surface area contributed by atoms with Crippen LogP contribution < -0.4 is 9.80 Å². The first-order valence-corrected chi connectivity index (χ1v) is 6.86. The molecule has 1 aromatic carbocycles. The number of nitrogens with zero attached hydrogens (tertiary/aromatic N) is 6. The maximum Gasteiger partial charge on any atom is 0.493 e. The van der Waals surface area contributed by atoms with E-state index in [9.17, 15) is 14.5 Å². The minimum Gasteiger partial charge on any atom is -0.390 e. The third-order valence-electron chi connectivity index (χ3n) is 3.65. The van der Waals surface area contributed by atoms with Gasteiger partial charge in [-0.2, -0.15) is 4.68 Å². The highest BCUT2D eigenvalue weighted by Gasteiger charge is 2.27. The molecule has 3 rings (SSSR count). The molecule has 2 aromatic rings. The molecule has 1 saturated heterocycles. The summed E-state index contributed by atoms with van der Waals surface area (Å²) < 4.78 is 15.2. The van der Waals surface area contributed by atoms with Crippen LogP contribution in [0.1, 0.15) is 0 Å². The van der Waals surface area contributed by atoms with Crippen LogP contribution in [0.15, 0.2) is 24.3 Å². The first-order valence-electron chi connectivity index (χ1n) is 6.86. The number of hydrogen-bond acceptors (Lipinski definition) is 6. The van der Waals surface area contributed by atoms with E-state index < -0.39 is 10.9 Å². The topological polar surface area (TPSA) is 80.3 Å². The van der Waals surface area contributed by atoms with Gasteiger partial charge < -0.3 is 19.9 Å². The molecule has 0 N–H and O–H groups in total. The number of aromatic nitrogens is 3. The quantitative estimate of drug-likeness (QED) is 0.626. The fraction of sp³-hybridized carbons (Fsp3) is 0.385. The summed E-state index contributed by atoms with van der Waals surface area (Å²) in [5, 5.41) is 14.5. The van der Waals surface area contributed by atoms with Crippen LogP contribution in [0.5, 0.6) is 0 Å². The number of para-hydroxylation sites is 1. The zero-order chi connectivity index (χ0) is 15.7. The van der Waals surface area contributed by atoms with E-state index in [4.69, 9.17) is 0 Å². The molecule has 0 saturated carbocycles. The molecule has 0 aliphatic carbocycles. The molecular weight excluding hydrogens is 291 g/mol. The van der Waals surface area contributed by atoms with Crippen molar-refractivity contribution >= 4 is 17.6 Å². The second-order valence-electron chi connectivity index (χ2n) is 5.02. The SMILES string of the molecule is Cn1nc([N+](=O)[O-])nc1N1CCN(c2ccccc2F)CC1. The molecule has 8 nitrogen and oxygen atoms in total. The molecule has 1 fully saturated rings. The van der Waals surface area contributed by atoms with E-state index in [1.807, 2.05) is 9.80 Å². The molecule has 2 heterocycles. The summed E-state index contributed by atoms with van der Waals surface area (Å²) >= 11 is 0. The first-order chi connectivity index (χ1) is 10.6. The van der Waals surface area contributed by atoms with Crippen molar-refractivity contribution in [1.82, 2.24) is 14.8 Å². The van der Waals surface area contributed by atoms with Gasteiger partial charge in [0, 0.05) is 38.3 Å². The highest BCUT2D eigenvalue weighted by Crippen LogP contribution is 2.22. The number of anilines is 2. The molecule has 0 amide bonds. The van der Waals surface area contributed by atoms with E-state index in [-0.39, 0.29) is 5.82 Å². The van der Waals surface area contributed by atoms with Crippen LogP contribution in [-0.4, -0.2) is 45.9 Å². The molecule has 0 atom stereocenters. The van der Waals surface area contributed by atoms with Crippen molar-refractivity contribution in [3.05, 3.63) is 40.2 Å². The zero-order valence-corrected chi connectivity index (χ0v) is 12.0. The van der Waals surface area contributed by atoms with Crippen LogP contribution >= 0.6 is 0 Å². The Morgan fingerprint density at radius 2 is 1.82 bits per heavy atom. The van der Waals surface area contributed by atoms with E-state index in [1.165, 1.54) is 10.7 Å². The number of halogens is 1. The molecule has 1 aliphatic heterocycles. The van der Waals surface area contributed by atoms with Crippen molar-refractivity contribution in [3.63, 3.8) is 0 Å². The highest BCUT2D eigenvalue weighted by atomic mass is 19.1. The van der Waals surface area contributed by atoms with Crippen LogP contribution in [0, 0.1) is 15.9 Å². The van der Waals surface area contributed by atoms with Gasteiger partial charge in [0.1, 0.15) is 5.82 Å². The number of benzene rings is 1.